The van der Waals surface area contributed by atoms with Gasteiger partial charge in [-0.25, -0.2) is 0 Å². The Hall–Kier alpha value is -0.670. The van der Waals surface area contributed by atoms with Gasteiger partial charge in [0.1, 0.15) is 5.75 Å². The summed E-state index contributed by atoms with van der Waals surface area (Å²) in [6.07, 6.45) is 8.11. The van der Waals surface area contributed by atoms with Crippen LogP contribution in [0.1, 0.15) is 49.3 Å². The van der Waals surface area contributed by atoms with Gasteiger partial charge in [-0.3, -0.25) is 0 Å². The van der Waals surface area contributed by atoms with E-state index < -0.39 is 0 Å². The molecule has 0 saturated heterocycles. The third kappa shape index (κ3) is 2.99. The van der Waals surface area contributed by atoms with Gasteiger partial charge < -0.3 is 10.5 Å². The largest absolute Gasteiger partial charge is 0.497 e. The van der Waals surface area contributed by atoms with Gasteiger partial charge in [0.25, 0.3) is 0 Å². The molecule has 1 aromatic rings. The zero-order valence-corrected chi connectivity index (χ0v) is 13.1. The molecule has 0 bridgehead atoms. The van der Waals surface area contributed by atoms with Crippen molar-refractivity contribution in [1.82, 2.24) is 0 Å². The Morgan fingerprint density at radius 1 is 1.25 bits per heavy atom. The van der Waals surface area contributed by atoms with Gasteiger partial charge in [0.2, 0.25) is 0 Å². The van der Waals surface area contributed by atoms with Crippen LogP contribution < -0.4 is 10.5 Å². The van der Waals surface area contributed by atoms with Gasteiger partial charge >= 0.3 is 0 Å². The number of hydrogen-bond donors (Lipinski definition) is 1. The number of ether oxygens (including phenoxy) is 1. The van der Waals surface area contributed by atoms with E-state index in [1.54, 1.807) is 7.11 Å². The van der Waals surface area contributed by atoms with E-state index in [1.165, 1.54) is 49.0 Å². The first-order chi connectivity index (χ1) is 9.78. The molecular formula is C17H25NOS. The maximum Gasteiger partial charge on any atom is 0.119 e. The van der Waals surface area contributed by atoms with Crippen molar-refractivity contribution >= 4 is 11.8 Å². The molecule has 1 aromatic carbocycles. The van der Waals surface area contributed by atoms with Crippen LogP contribution in [0.5, 0.6) is 5.75 Å². The quantitative estimate of drug-likeness (QED) is 0.913. The molecule has 20 heavy (non-hydrogen) atoms. The Morgan fingerprint density at radius 3 is 2.80 bits per heavy atom. The van der Waals surface area contributed by atoms with Gasteiger partial charge in [-0.1, -0.05) is 18.9 Å². The minimum atomic E-state index is 0.167. The third-order valence-corrected chi connectivity index (χ3v) is 6.45. The highest BCUT2D eigenvalue weighted by Crippen LogP contribution is 2.39. The van der Waals surface area contributed by atoms with Crippen molar-refractivity contribution in [2.75, 3.05) is 12.9 Å². The molecular weight excluding hydrogens is 266 g/mol. The van der Waals surface area contributed by atoms with E-state index in [0.717, 1.165) is 18.1 Å². The number of methoxy groups -OCH3 is 1. The normalized spacial score (nSPS) is 26.5. The maximum atomic E-state index is 6.52. The smallest absolute Gasteiger partial charge is 0.119 e. The molecule has 2 unspecified atom stereocenters. The molecule has 3 rings (SSSR count). The zero-order valence-electron chi connectivity index (χ0n) is 12.3. The molecule has 0 radical (unpaired) electrons. The highest BCUT2D eigenvalue weighted by Gasteiger charge is 2.28. The third-order valence-electron chi connectivity index (χ3n) is 4.83. The Labute approximate surface area is 126 Å². The first kappa shape index (κ1) is 14.3. The van der Waals surface area contributed by atoms with E-state index in [-0.39, 0.29) is 6.04 Å². The molecule has 1 saturated carbocycles. The van der Waals surface area contributed by atoms with Gasteiger partial charge in [-0.2, -0.15) is 11.8 Å². The molecule has 2 N–H and O–H groups in total. The van der Waals surface area contributed by atoms with Gasteiger partial charge in [0.05, 0.1) is 7.11 Å². The number of thioether (sulfide) groups is 1. The molecule has 2 aliphatic rings. The number of nitrogens with two attached hydrogens (primary N) is 1. The minimum Gasteiger partial charge on any atom is -0.497 e. The first-order valence-corrected chi connectivity index (χ1v) is 8.87. The number of fused-ring (bicyclic) bond motifs is 1. The highest BCUT2D eigenvalue weighted by atomic mass is 32.2. The summed E-state index contributed by atoms with van der Waals surface area (Å²) >= 11 is 2.11. The molecule has 0 heterocycles. The number of aryl methyl sites for hydroxylation is 1. The van der Waals surface area contributed by atoms with Gasteiger partial charge in [0.15, 0.2) is 0 Å². The van der Waals surface area contributed by atoms with Crippen LogP contribution >= 0.6 is 11.8 Å². The second kappa shape index (κ2) is 6.40. The van der Waals surface area contributed by atoms with E-state index >= 15 is 0 Å². The average molecular weight is 291 g/mol. The summed E-state index contributed by atoms with van der Waals surface area (Å²) in [4.78, 5) is 0. The summed E-state index contributed by atoms with van der Waals surface area (Å²) < 4.78 is 5.34. The fourth-order valence-electron chi connectivity index (χ4n) is 3.54. The number of hydrogen-bond acceptors (Lipinski definition) is 3. The maximum absolute atomic E-state index is 6.52. The van der Waals surface area contributed by atoms with Crippen LogP contribution in [0.2, 0.25) is 0 Å². The van der Waals surface area contributed by atoms with E-state index in [1.807, 2.05) is 0 Å². The van der Waals surface area contributed by atoms with Crippen molar-refractivity contribution in [3.8, 4) is 5.75 Å². The van der Waals surface area contributed by atoms with Crippen molar-refractivity contribution in [2.45, 2.75) is 49.8 Å². The summed E-state index contributed by atoms with van der Waals surface area (Å²) in [6, 6.07) is 6.55. The number of benzene rings is 1. The van der Waals surface area contributed by atoms with Crippen molar-refractivity contribution in [1.29, 1.82) is 0 Å². The molecule has 0 amide bonds. The SMILES string of the molecule is COc1ccc2c(c1)C(N)C(SCC1CCCC1)CC2. The van der Waals surface area contributed by atoms with E-state index in [9.17, 15) is 0 Å². The molecule has 3 heteroatoms. The average Bonchev–Trinajstić information content (AvgIpc) is 3.00. The van der Waals surface area contributed by atoms with Crippen molar-refractivity contribution in [3.63, 3.8) is 0 Å². The predicted molar refractivity (Wildman–Crippen MR) is 86.4 cm³/mol. The van der Waals surface area contributed by atoms with Crippen LogP contribution in [-0.4, -0.2) is 18.1 Å². The summed E-state index contributed by atoms with van der Waals surface area (Å²) in [5.74, 6) is 3.18. The van der Waals surface area contributed by atoms with Crippen LogP contribution in [0.25, 0.3) is 0 Å². The summed E-state index contributed by atoms with van der Waals surface area (Å²) in [6.45, 7) is 0. The van der Waals surface area contributed by atoms with E-state index in [0.29, 0.717) is 5.25 Å². The van der Waals surface area contributed by atoms with Crippen LogP contribution in [0.3, 0.4) is 0 Å². The lowest BCUT2D eigenvalue weighted by Gasteiger charge is -2.31. The fraction of sp³-hybridized carbons (Fsp3) is 0.647. The Bertz CT molecular complexity index is 456. The van der Waals surface area contributed by atoms with Gasteiger partial charge in [0, 0.05) is 11.3 Å². The summed E-state index contributed by atoms with van der Waals surface area (Å²) in [5, 5.41) is 0.579. The first-order valence-electron chi connectivity index (χ1n) is 7.82. The second-order valence-electron chi connectivity index (χ2n) is 6.15. The van der Waals surface area contributed by atoms with Crippen LogP contribution in [0, 0.1) is 5.92 Å². The van der Waals surface area contributed by atoms with Crippen LogP contribution in [-0.2, 0) is 6.42 Å². The lowest BCUT2D eigenvalue weighted by molar-refractivity contribution is 0.412. The molecule has 0 aromatic heterocycles. The van der Waals surface area contributed by atoms with E-state index in [4.69, 9.17) is 10.5 Å². The monoisotopic (exact) mass is 291 g/mol. The molecule has 110 valence electrons. The van der Waals surface area contributed by atoms with Crippen molar-refractivity contribution < 1.29 is 4.74 Å². The Morgan fingerprint density at radius 2 is 2.05 bits per heavy atom. The lowest BCUT2D eigenvalue weighted by Crippen LogP contribution is -2.30. The standard InChI is InChI=1S/C17H25NOS/c1-19-14-8-6-13-7-9-16(17(18)15(13)10-14)20-11-12-4-2-3-5-12/h6,8,10,12,16-17H,2-5,7,9,11,18H2,1H3. The second-order valence-corrected chi connectivity index (χ2v) is 7.42. The molecule has 2 atom stereocenters. The Kier molecular flexibility index (Phi) is 4.57. The molecule has 2 nitrogen and oxygen atoms in total. The predicted octanol–water partition coefficient (Wildman–Crippen LogP) is 3.93. The minimum absolute atomic E-state index is 0.167. The Balaban J connectivity index is 1.66. The lowest BCUT2D eigenvalue weighted by atomic mass is 9.87. The van der Waals surface area contributed by atoms with Crippen molar-refractivity contribution in [3.05, 3.63) is 29.3 Å². The zero-order chi connectivity index (χ0) is 13.9. The molecule has 0 aliphatic heterocycles. The summed E-state index contributed by atoms with van der Waals surface area (Å²) in [5.41, 5.74) is 9.24. The van der Waals surface area contributed by atoms with Crippen LogP contribution in [0.15, 0.2) is 18.2 Å². The topological polar surface area (TPSA) is 35.2 Å². The molecule has 0 spiro atoms. The van der Waals surface area contributed by atoms with Gasteiger partial charge in [-0.05, 0) is 60.6 Å². The summed E-state index contributed by atoms with van der Waals surface area (Å²) in [7, 11) is 1.72. The molecule has 1 fully saturated rings. The molecule has 2 aliphatic carbocycles. The fourth-order valence-corrected chi connectivity index (χ4v) is 5.03. The van der Waals surface area contributed by atoms with E-state index in [2.05, 4.69) is 30.0 Å². The number of rotatable bonds is 4. The highest BCUT2D eigenvalue weighted by molar-refractivity contribution is 7.99. The van der Waals surface area contributed by atoms with Crippen molar-refractivity contribution in [2.24, 2.45) is 11.7 Å². The van der Waals surface area contributed by atoms with Crippen LogP contribution in [0.4, 0.5) is 0 Å². The van der Waals surface area contributed by atoms with Gasteiger partial charge in [-0.15, -0.1) is 0 Å².